The van der Waals surface area contributed by atoms with Crippen LogP contribution in [0.3, 0.4) is 0 Å². The van der Waals surface area contributed by atoms with E-state index in [1.807, 2.05) is 24.3 Å². The molecule has 2 heterocycles. The van der Waals surface area contributed by atoms with E-state index < -0.39 is 24.0 Å². The van der Waals surface area contributed by atoms with Crippen LogP contribution in [-0.4, -0.2) is 40.6 Å². The molecule has 160 valence electrons. The third-order valence-corrected chi connectivity index (χ3v) is 6.13. The minimum absolute atomic E-state index is 0.0173. The van der Waals surface area contributed by atoms with E-state index in [-0.39, 0.29) is 13.2 Å². The van der Waals surface area contributed by atoms with Gasteiger partial charge in [-0.3, -0.25) is 9.78 Å². The molecular weight excluding hydrogens is 418 g/mol. The van der Waals surface area contributed by atoms with Crippen molar-refractivity contribution in [3.8, 4) is 0 Å². The highest BCUT2D eigenvalue weighted by Crippen LogP contribution is 2.44. The first-order chi connectivity index (χ1) is 15.0. The van der Waals surface area contributed by atoms with Crippen molar-refractivity contribution in [2.24, 2.45) is 0 Å². The predicted octanol–water partition coefficient (Wildman–Crippen LogP) is 3.28. The molecule has 1 aliphatic rings. The minimum Gasteiger partial charge on any atom is -0.480 e. The molecule has 0 spiro atoms. The summed E-state index contributed by atoms with van der Waals surface area (Å²) < 4.78 is 6.04. The number of aromatic nitrogens is 1. The molecule has 3 aromatic rings. The van der Waals surface area contributed by atoms with Gasteiger partial charge in [-0.25, -0.2) is 9.59 Å². The Morgan fingerprint density at radius 1 is 1.19 bits per heavy atom. The highest BCUT2D eigenvalue weighted by atomic mass is 32.1. The molecule has 1 aliphatic carbocycles. The van der Waals surface area contributed by atoms with Gasteiger partial charge in [-0.2, -0.15) is 0 Å². The van der Waals surface area contributed by atoms with E-state index in [1.165, 1.54) is 16.9 Å². The molecule has 0 radical (unpaired) electrons. The number of hydrogen-bond donors (Lipinski definition) is 3. The zero-order valence-corrected chi connectivity index (χ0v) is 17.4. The second-order valence-corrected chi connectivity index (χ2v) is 8.36. The molecule has 1 atom stereocenters. The van der Waals surface area contributed by atoms with E-state index in [1.54, 1.807) is 24.4 Å². The Morgan fingerprint density at radius 3 is 2.68 bits per heavy atom. The summed E-state index contributed by atoms with van der Waals surface area (Å²) in [6.07, 6.45) is 3.16. The molecule has 1 aromatic carbocycles. The molecule has 1 saturated carbocycles. The van der Waals surface area contributed by atoms with E-state index in [2.05, 4.69) is 15.6 Å². The lowest BCUT2D eigenvalue weighted by Crippen LogP contribution is -2.48. The van der Waals surface area contributed by atoms with Gasteiger partial charge in [-0.1, -0.05) is 30.3 Å². The molecule has 1 fully saturated rings. The number of carbonyl (C=O) groups is 3. The molecule has 2 aromatic heterocycles. The van der Waals surface area contributed by atoms with Gasteiger partial charge in [0, 0.05) is 12.7 Å². The number of ether oxygens (including phenoxy) is 1. The first kappa shape index (κ1) is 20.8. The number of alkyl carbamates (subject to hydrolysis) is 1. The second kappa shape index (κ2) is 9.13. The number of aliphatic carboxylic acids is 1. The van der Waals surface area contributed by atoms with Gasteiger partial charge in [0.1, 0.15) is 12.6 Å². The van der Waals surface area contributed by atoms with Crippen LogP contribution >= 0.6 is 11.3 Å². The maximum Gasteiger partial charge on any atom is 0.408 e. The molecule has 0 bridgehead atoms. The number of pyridine rings is 1. The van der Waals surface area contributed by atoms with E-state index in [4.69, 9.17) is 4.74 Å². The highest BCUT2D eigenvalue weighted by Gasteiger charge is 2.27. The van der Waals surface area contributed by atoms with Crippen LogP contribution in [0, 0.1) is 0 Å². The van der Waals surface area contributed by atoms with Crippen LogP contribution in [0.1, 0.15) is 39.6 Å². The van der Waals surface area contributed by atoms with Gasteiger partial charge >= 0.3 is 12.1 Å². The maximum atomic E-state index is 12.6. The van der Waals surface area contributed by atoms with Gasteiger partial charge in [0.25, 0.3) is 5.91 Å². The van der Waals surface area contributed by atoms with Gasteiger partial charge in [-0.05, 0) is 42.0 Å². The van der Waals surface area contributed by atoms with Crippen molar-refractivity contribution in [3.63, 3.8) is 0 Å². The summed E-state index contributed by atoms with van der Waals surface area (Å²) in [6.45, 7) is -0.255. The van der Waals surface area contributed by atoms with Gasteiger partial charge in [0.2, 0.25) is 0 Å². The minimum atomic E-state index is -1.32. The molecule has 31 heavy (non-hydrogen) atoms. The normalized spacial score (nSPS) is 14.1. The van der Waals surface area contributed by atoms with E-state index in [9.17, 15) is 19.5 Å². The lowest BCUT2D eigenvalue weighted by Gasteiger charge is -2.15. The average molecular weight is 439 g/mol. The van der Waals surface area contributed by atoms with Gasteiger partial charge < -0.3 is 20.5 Å². The lowest BCUT2D eigenvalue weighted by atomic mass is 10.1. The maximum absolute atomic E-state index is 12.6. The average Bonchev–Trinajstić information content (AvgIpc) is 3.52. The summed E-state index contributed by atoms with van der Waals surface area (Å²) in [7, 11) is 0. The zero-order valence-electron chi connectivity index (χ0n) is 16.5. The summed E-state index contributed by atoms with van der Waals surface area (Å²) in [4.78, 5) is 40.8. The van der Waals surface area contributed by atoms with Crippen LogP contribution in [0.5, 0.6) is 0 Å². The molecule has 3 N–H and O–H groups in total. The molecule has 2 amide bonds. The van der Waals surface area contributed by atoms with Crippen molar-refractivity contribution >= 4 is 39.5 Å². The summed E-state index contributed by atoms with van der Waals surface area (Å²) in [6, 6.07) is 11.4. The smallest absolute Gasteiger partial charge is 0.408 e. The Morgan fingerprint density at radius 2 is 1.97 bits per heavy atom. The predicted molar refractivity (Wildman–Crippen MR) is 115 cm³/mol. The van der Waals surface area contributed by atoms with E-state index in [0.717, 1.165) is 28.6 Å². The largest absolute Gasteiger partial charge is 0.480 e. The summed E-state index contributed by atoms with van der Waals surface area (Å²) in [5.74, 6) is -1.15. The fourth-order valence-corrected chi connectivity index (χ4v) is 4.30. The van der Waals surface area contributed by atoms with Crippen LogP contribution in [0.25, 0.3) is 10.2 Å². The topological polar surface area (TPSA) is 118 Å². The summed E-state index contributed by atoms with van der Waals surface area (Å²) in [5, 5.41) is 14.2. The van der Waals surface area contributed by atoms with Crippen LogP contribution in [0.4, 0.5) is 4.79 Å². The molecule has 8 nitrogen and oxygen atoms in total. The number of thiophene rings is 1. The Balaban J connectivity index is 1.34. The van der Waals surface area contributed by atoms with Gasteiger partial charge in [0.05, 0.1) is 15.1 Å². The number of nitrogens with one attached hydrogen (secondary N) is 2. The summed E-state index contributed by atoms with van der Waals surface area (Å²) in [5.41, 5.74) is 2.75. The molecule has 4 rings (SSSR count). The molecule has 0 aliphatic heterocycles. The van der Waals surface area contributed by atoms with Crippen molar-refractivity contribution in [1.82, 2.24) is 15.6 Å². The quantitative estimate of drug-likeness (QED) is 0.496. The van der Waals surface area contributed by atoms with Gasteiger partial charge in [0.15, 0.2) is 0 Å². The Hall–Kier alpha value is -3.46. The first-order valence-corrected chi connectivity index (χ1v) is 10.7. The van der Waals surface area contributed by atoms with Crippen LogP contribution in [0.2, 0.25) is 0 Å². The van der Waals surface area contributed by atoms with Crippen molar-refractivity contribution in [3.05, 3.63) is 64.7 Å². The number of nitrogens with zero attached hydrogens (tertiary/aromatic N) is 1. The van der Waals surface area contributed by atoms with Crippen molar-refractivity contribution in [2.75, 3.05) is 6.54 Å². The van der Waals surface area contributed by atoms with Crippen molar-refractivity contribution < 1.29 is 24.2 Å². The number of benzene rings is 1. The molecule has 0 saturated heterocycles. The molecular formula is C22H21N3O5S. The highest BCUT2D eigenvalue weighted by molar-refractivity contribution is 7.21. The number of fused-ring (bicyclic) bond motifs is 1. The Bertz CT molecular complexity index is 1110. The third kappa shape index (κ3) is 5.18. The molecule has 1 unspecified atom stereocenters. The lowest BCUT2D eigenvalue weighted by molar-refractivity contribution is -0.139. The van der Waals surface area contributed by atoms with Crippen LogP contribution < -0.4 is 10.6 Å². The Labute approximate surface area is 182 Å². The van der Waals surface area contributed by atoms with E-state index >= 15 is 0 Å². The number of amides is 2. The Kier molecular flexibility index (Phi) is 6.13. The number of carboxylic acid groups (broad SMARTS) is 1. The standard InChI is InChI=1S/C22H21N3O5S/c26-20(18-10-16-19(31-18)15(8-9-23-16)14-6-7-14)24-11-17(21(27)28)25-22(29)30-12-13-4-2-1-3-5-13/h1-5,8-10,14,17H,6-7,11-12H2,(H,24,26)(H,25,29)(H,27,28). The van der Waals surface area contributed by atoms with E-state index in [0.29, 0.717) is 10.8 Å². The zero-order chi connectivity index (χ0) is 21.8. The number of rotatable bonds is 8. The third-order valence-electron chi connectivity index (χ3n) is 4.95. The summed E-state index contributed by atoms with van der Waals surface area (Å²) >= 11 is 1.35. The van der Waals surface area contributed by atoms with Crippen LogP contribution in [-0.2, 0) is 16.1 Å². The monoisotopic (exact) mass is 439 g/mol. The van der Waals surface area contributed by atoms with Crippen LogP contribution in [0.15, 0.2) is 48.7 Å². The fourth-order valence-electron chi connectivity index (χ4n) is 3.17. The van der Waals surface area contributed by atoms with Crippen molar-refractivity contribution in [1.29, 1.82) is 0 Å². The SMILES string of the molecule is O=C(NC(CNC(=O)c1cc2nccc(C3CC3)c2s1)C(=O)O)OCc1ccccc1. The fraction of sp³-hybridized carbons (Fsp3) is 0.273. The second-order valence-electron chi connectivity index (χ2n) is 7.31. The number of hydrogen-bond acceptors (Lipinski definition) is 6. The number of carbonyl (C=O) groups excluding carboxylic acids is 2. The molecule has 9 heteroatoms. The number of carboxylic acids is 1. The first-order valence-electron chi connectivity index (χ1n) is 9.88. The van der Waals surface area contributed by atoms with Crippen molar-refractivity contribution in [2.45, 2.75) is 31.4 Å². The van der Waals surface area contributed by atoms with Gasteiger partial charge in [-0.15, -0.1) is 11.3 Å².